The molecule has 1 N–H and O–H groups in total. The van der Waals surface area contributed by atoms with Crippen LogP contribution in [0.4, 0.5) is 11.4 Å². The minimum atomic E-state index is -0.425. The van der Waals surface area contributed by atoms with Gasteiger partial charge in [-0.3, -0.25) is 4.98 Å². The van der Waals surface area contributed by atoms with Crippen LogP contribution in [0, 0.1) is 0 Å². The average molecular weight is 406 g/mol. The number of nitrogens with zero attached hydrogens (tertiary/aromatic N) is 1. The molecule has 2 aromatic carbocycles. The summed E-state index contributed by atoms with van der Waals surface area (Å²) in [5.41, 5.74) is 2.58. The molecule has 0 fully saturated rings. The molecular formula is C18H14BrClN2O2. The third kappa shape index (κ3) is 3.52. The van der Waals surface area contributed by atoms with Gasteiger partial charge in [0.25, 0.3) is 0 Å². The second-order valence-corrected chi connectivity index (χ2v) is 6.41. The highest BCUT2D eigenvalue weighted by Crippen LogP contribution is 2.31. The van der Waals surface area contributed by atoms with Gasteiger partial charge in [0.15, 0.2) is 0 Å². The number of rotatable bonds is 4. The van der Waals surface area contributed by atoms with Gasteiger partial charge in [-0.15, -0.1) is 0 Å². The Morgan fingerprint density at radius 3 is 2.71 bits per heavy atom. The van der Waals surface area contributed by atoms with Crippen molar-refractivity contribution < 1.29 is 9.53 Å². The van der Waals surface area contributed by atoms with Crippen LogP contribution in [-0.2, 0) is 4.74 Å². The van der Waals surface area contributed by atoms with Crippen LogP contribution in [-0.4, -0.2) is 17.6 Å². The molecule has 0 saturated carbocycles. The minimum absolute atomic E-state index is 0.296. The highest BCUT2D eigenvalue weighted by Gasteiger charge is 2.17. The van der Waals surface area contributed by atoms with E-state index in [0.29, 0.717) is 22.9 Å². The third-order valence-corrected chi connectivity index (χ3v) is 4.20. The van der Waals surface area contributed by atoms with Crippen LogP contribution in [0.5, 0.6) is 0 Å². The Hall–Kier alpha value is -2.11. The fraction of sp³-hybridized carbons (Fsp3) is 0.111. The molecule has 6 heteroatoms. The van der Waals surface area contributed by atoms with Gasteiger partial charge < -0.3 is 10.1 Å². The van der Waals surface area contributed by atoms with Crippen molar-refractivity contribution >= 4 is 55.8 Å². The summed E-state index contributed by atoms with van der Waals surface area (Å²) in [6, 6.07) is 13.0. The third-order valence-electron chi connectivity index (χ3n) is 3.44. The zero-order chi connectivity index (χ0) is 17.1. The van der Waals surface area contributed by atoms with E-state index in [-0.39, 0.29) is 0 Å². The van der Waals surface area contributed by atoms with Gasteiger partial charge in [-0.25, -0.2) is 4.79 Å². The molecule has 1 aromatic heterocycles. The van der Waals surface area contributed by atoms with Crippen LogP contribution in [0.2, 0.25) is 5.02 Å². The number of esters is 1. The Morgan fingerprint density at radius 2 is 2.00 bits per heavy atom. The number of halogens is 2. The summed E-state index contributed by atoms with van der Waals surface area (Å²) in [5.74, 6) is -0.425. The Labute approximate surface area is 152 Å². The number of ether oxygens (including phenoxy) is 1. The Morgan fingerprint density at radius 1 is 1.25 bits per heavy atom. The van der Waals surface area contributed by atoms with E-state index < -0.39 is 5.97 Å². The number of carbonyl (C=O) groups is 1. The van der Waals surface area contributed by atoms with E-state index in [1.807, 2.05) is 30.3 Å². The first-order valence-corrected chi connectivity index (χ1v) is 8.53. The lowest BCUT2D eigenvalue weighted by molar-refractivity contribution is 0.0527. The maximum absolute atomic E-state index is 12.3. The molecule has 0 aliphatic carbocycles. The number of hydrogen-bond acceptors (Lipinski definition) is 4. The Kier molecular flexibility index (Phi) is 5.02. The van der Waals surface area contributed by atoms with Crippen molar-refractivity contribution in [3.8, 4) is 0 Å². The number of carbonyl (C=O) groups excluding carboxylic acids is 1. The van der Waals surface area contributed by atoms with E-state index in [1.54, 1.807) is 19.1 Å². The van der Waals surface area contributed by atoms with Crippen molar-refractivity contribution in [2.45, 2.75) is 6.92 Å². The second kappa shape index (κ2) is 7.20. The maximum atomic E-state index is 12.3. The lowest BCUT2D eigenvalue weighted by Crippen LogP contribution is -2.09. The summed E-state index contributed by atoms with van der Waals surface area (Å²) >= 11 is 9.54. The number of anilines is 2. The summed E-state index contributed by atoms with van der Waals surface area (Å²) < 4.78 is 6.12. The highest BCUT2D eigenvalue weighted by molar-refractivity contribution is 9.10. The first-order valence-electron chi connectivity index (χ1n) is 7.36. The minimum Gasteiger partial charge on any atom is -0.462 e. The number of fused-ring (bicyclic) bond motifs is 1. The van der Waals surface area contributed by atoms with Crippen molar-refractivity contribution in [1.82, 2.24) is 4.98 Å². The average Bonchev–Trinajstić information content (AvgIpc) is 2.57. The van der Waals surface area contributed by atoms with Crippen molar-refractivity contribution in [3.05, 3.63) is 63.7 Å². The normalized spacial score (nSPS) is 10.6. The van der Waals surface area contributed by atoms with E-state index in [2.05, 4.69) is 26.2 Å². The van der Waals surface area contributed by atoms with Crippen molar-refractivity contribution in [1.29, 1.82) is 0 Å². The molecule has 0 saturated heterocycles. The van der Waals surface area contributed by atoms with Crippen molar-refractivity contribution in [2.24, 2.45) is 0 Å². The van der Waals surface area contributed by atoms with Gasteiger partial charge in [0, 0.05) is 26.8 Å². The first kappa shape index (κ1) is 16.7. The molecule has 0 radical (unpaired) electrons. The number of pyridine rings is 1. The SMILES string of the molecule is CCOC(=O)c1cnc2ccc(Cl)cc2c1Nc1ccc(Br)cc1. The van der Waals surface area contributed by atoms with Crippen molar-refractivity contribution in [2.75, 3.05) is 11.9 Å². The number of benzene rings is 2. The topological polar surface area (TPSA) is 51.2 Å². The molecule has 0 amide bonds. The summed E-state index contributed by atoms with van der Waals surface area (Å²) in [5, 5.41) is 4.62. The summed E-state index contributed by atoms with van der Waals surface area (Å²) in [6.07, 6.45) is 1.52. The highest BCUT2D eigenvalue weighted by atomic mass is 79.9. The molecule has 1 heterocycles. The standard InChI is InChI=1S/C18H14BrClN2O2/c1-2-24-18(23)15-10-21-16-8-5-12(20)9-14(16)17(15)22-13-6-3-11(19)4-7-13/h3-10H,2H2,1H3,(H,21,22). The van der Waals surface area contributed by atoms with Gasteiger partial charge >= 0.3 is 5.97 Å². The predicted octanol–water partition coefficient (Wildman–Crippen LogP) is 5.57. The van der Waals surface area contributed by atoms with E-state index in [9.17, 15) is 4.79 Å². The molecule has 0 atom stereocenters. The molecule has 0 unspecified atom stereocenters. The van der Waals surface area contributed by atoms with E-state index in [4.69, 9.17) is 16.3 Å². The van der Waals surface area contributed by atoms with Crippen LogP contribution in [0.25, 0.3) is 10.9 Å². The summed E-state index contributed by atoms with van der Waals surface area (Å²) in [7, 11) is 0. The molecule has 0 aliphatic rings. The molecule has 3 aromatic rings. The molecule has 24 heavy (non-hydrogen) atoms. The van der Waals surface area contributed by atoms with Crippen molar-refractivity contribution in [3.63, 3.8) is 0 Å². The van der Waals surface area contributed by atoms with Gasteiger partial charge in [0.1, 0.15) is 5.56 Å². The summed E-state index contributed by atoms with van der Waals surface area (Å²) in [6.45, 7) is 2.06. The van der Waals surface area contributed by atoms with Gasteiger partial charge in [-0.1, -0.05) is 27.5 Å². The van der Waals surface area contributed by atoms with E-state index >= 15 is 0 Å². The summed E-state index contributed by atoms with van der Waals surface area (Å²) in [4.78, 5) is 16.6. The fourth-order valence-corrected chi connectivity index (χ4v) is 2.78. The Bertz CT molecular complexity index is 897. The predicted molar refractivity (Wildman–Crippen MR) is 100 cm³/mol. The van der Waals surface area contributed by atoms with Gasteiger partial charge in [-0.05, 0) is 49.4 Å². The quantitative estimate of drug-likeness (QED) is 0.576. The fourth-order valence-electron chi connectivity index (χ4n) is 2.34. The lowest BCUT2D eigenvalue weighted by atomic mass is 10.1. The van der Waals surface area contributed by atoms with E-state index in [0.717, 1.165) is 21.1 Å². The number of aromatic nitrogens is 1. The Balaban J connectivity index is 2.16. The van der Waals surface area contributed by atoms with Crippen LogP contribution < -0.4 is 5.32 Å². The van der Waals surface area contributed by atoms with Crippen LogP contribution in [0.1, 0.15) is 17.3 Å². The van der Waals surface area contributed by atoms with E-state index in [1.165, 1.54) is 6.20 Å². The smallest absolute Gasteiger partial charge is 0.341 e. The van der Waals surface area contributed by atoms with Gasteiger partial charge in [0.2, 0.25) is 0 Å². The number of nitrogens with one attached hydrogen (secondary N) is 1. The molecule has 3 rings (SSSR count). The lowest BCUT2D eigenvalue weighted by Gasteiger charge is -2.14. The van der Waals surface area contributed by atoms with Gasteiger partial charge in [-0.2, -0.15) is 0 Å². The number of hydrogen-bond donors (Lipinski definition) is 1. The van der Waals surface area contributed by atoms with Crippen LogP contribution in [0.3, 0.4) is 0 Å². The first-order chi connectivity index (χ1) is 11.6. The zero-order valence-electron chi connectivity index (χ0n) is 12.8. The molecule has 0 spiro atoms. The second-order valence-electron chi connectivity index (χ2n) is 5.06. The zero-order valence-corrected chi connectivity index (χ0v) is 15.2. The molecule has 122 valence electrons. The largest absolute Gasteiger partial charge is 0.462 e. The van der Waals surface area contributed by atoms with Crippen LogP contribution >= 0.6 is 27.5 Å². The molecule has 0 aliphatic heterocycles. The van der Waals surface area contributed by atoms with Crippen LogP contribution in [0.15, 0.2) is 53.1 Å². The van der Waals surface area contributed by atoms with Gasteiger partial charge in [0.05, 0.1) is 17.8 Å². The molecule has 0 bridgehead atoms. The molecular weight excluding hydrogens is 392 g/mol. The molecule has 4 nitrogen and oxygen atoms in total. The monoisotopic (exact) mass is 404 g/mol. The maximum Gasteiger partial charge on any atom is 0.341 e.